The lowest BCUT2D eigenvalue weighted by molar-refractivity contribution is -0.131. The number of rotatable bonds is 2. The van der Waals surface area contributed by atoms with Gasteiger partial charge in [0.15, 0.2) is 0 Å². The van der Waals surface area contributed by atoms with Crippen LogP contribution in [0, 0.1) is 3.57 Å². The summed E-state index contributed by atoms with van der Waals surface area (Å²) < 4.78 is 1.85. The Bertz CT molecular complexity index is 507. The van der Waals surface area contributed by atoms with E-state index in [1.54, 1.807) is 4.90 Å². The summed E-state index contributed by atoms with van der Waals surface area (Å²) in [5.74, 6) is -0.174. The van der Waals surface area contributed by atoms with Crippen molar-refractivity contribution in [2.75, 3.05) is 11.4 Å². The van der Waals surface area contributed by atoms with Crippen LogP contribution in [0.1, 0.15) is 13.3 Å². The van der Waals surface area contributed by atoms with E-state index in [0.29, 0.717) is 6.42 Å². The molecule has 1 atom stereocenters. The minimum Gasteiger partial charge on any atom is -0.343 e. The van der Waals surface area contributed by atoms with E-state index < -0.39 is 6.04 Å². The van der Waals surface area contributed by atoms with E-state index >= 15 is 0 Å². The van der Waals surface area contributed by atoms with Crippen LogP contribution >= 0.6 is 38.5 Å². The van der Waals surface area contributed by atoms with Crippen molar-refractivity contribution in [1.29, 1.82) is 0 Å². The van der Waals surface area contributed by atoms with Crippen molar-refractivity contribution in [1.82, 2.24) is 5.32 Å². The molecule has 1 saturated heterocycles. The van der Waals surface area contributed by atoms with Gasteiger partial charge >= 0.3 is 0 Å². The summed E-state index contributed by atoms with van der Waals surface area (Å²) >= 11 is 5.61. The van der Waals surface area contributed by atoms with Gasteiger partial charge in [0.2, 0.25) is 11.8 Å². The summed E-state index contributed by atoms with van der Waals surface area (Å²) in [6.07, 6.45) is 0.600. The van der Waals surface area contributed by atoms with Gasteiger partial charge < -0.3 is 10.2 Å². The van der Waals surface area contributed by atoms with E-state index in [2.05, 4.69) is 43.8 Å². The van der Waals surface area contributed by atoms with Crippen LogP contribution in [0.3, 0.4) is 0 Å². The number of hydrogen-bond acceptors (Lipinski definition) is 2. The number of nitrogens with one attached hydrogen (secondary N) is 1. The average Bonchev–Trinajstić information content (AvgIpc) is 2.35. The molecule has 0 bridgehead atoms. The van der Waals surface area contributed by atoms with Gasteiger partial charge in [-0.3, -0.25) is 9.59 Å². The molecular formula is C12H12BrIN2O2. The summed E-state index contributed by atoms with van der Waals surface area (Å²) in [6, 6.07) is 5.31. The molecule has 1 unspecified atom stereocenters. The molecule has 0 aromatic heterocycles. The fourth-order valence-corrected chi connectivity index (χ4v) is 2.82. The first-order chi connectivity index (χ1) is 8.52. The number of carbonyl (C=O) groups is 2. The largest absolute Gasteiger partial charge is 0.343 e. The number of nitrogens with zero attached hydrogens (tertiary/aromatic N) is 1. The molecule has 0 radical (unpaired) electrons. The SMILES string of the molecule is CCC1NC(=O)CN(c2cc(I)ccc2Br)C1=O. The lowest BCUT2D eigenvalue weighted by Crippen LogP contribution is -2.58. The minimum absolute atomic E-state index is 0.0557. The zero-order chi connectivity index (χ0) is 13.3. The Hall–Kier alpha value is -0.630. The van der Waals surface area contributed by atoms with Gasteiger partial charge in [-0.05, 0) is 63.1 Å². The third-order valence-electron chi connectivity index (χ3n) is 2.81. The first kappa shape index (κ1) is 13.8. The molecule has 0 saturated carbocycles. The molecule has 4 nitrogen and oxygen atoms in total. The summed E-state index contributed by atoms with van der Waals surface area (Å²) in [5, 5.41) is 2.70. The number of anilines is 1. The van der Waals surface area contributed by atoms with Crippen molar-refractivity contribution in [3.8, 4) is 0 Å². The van der Waals surface area contributed by atoms with Crippen LogP contribution in [-0.2, 0) is 9.59 Å². The molecule has 1 aliphatic rings. The van der Waals surface area contributed by atoms with Crippen LogP contribution in [0.5, 0.6) is 0 Å². The summed E-state index contributed by atoms with van der Waals surface area (Å²) in [4.78, 5) is 25.4. The van der Waals surface area contributed by atoms with E-state index in [1.807, 2.05) is 25.1 Å². The number of piperazine rings is 1. The smallest absolute Gasteiger partial charge is 0.250 e. The molecule has 1 fully saturated rings. The summed E-state index contributed by atoms with van der Waals surface area (Å²) in [5.41, 5.74) is 0.750. The number of amides is 2. The third-order valence-corrected chi connectivity index (χ3v) is 4.15. The molecular weight excluding hydrogens is 411 g/mol. The highest BCUT2D eigenvalue weighted by Crippen LogP contribution is 2.29. The molecule has 1 heterocycles. The second kappa shape index (κ2) is 5.56. The fourth-order valence-electron chi connectivity index (χ4n) is 1.88. The lowest BCUT2D eigenvalue weighted by Gasteiger charge is -2.32. The molecule has 1 N–H and O–H groups in total. The van der Waals surface area contributed by atoms with Crippen LogP contribution in [0.25, 0.3) is 0 Å². The average molecular weight is 423 g/mol. The van der Waals surface area contributed by atoms with E-state index in [9.17, 15) is 9.59 Å². The van der Waals surface area contributed by atoms with Gasteiger partial charge in [-0.15, -0.1) is 0 Å². The quantitative estimate of drug-likeness (QED) is 0.743. The van der Waals surface area contributed by atoms with E-state index in [1.165, 1.54) is 0 Å². The highest BCUT2D eigenvalue weighted by atomic mass is 127. The fraction of sp³-hybridized carbons (Fsp3) is 0.333. The Balaban J connectivity index is 2.39. The molecule has 96 valence electrons. The topological polar surface area (TPSA) is 49.4 Å². The monoisotopic (exact) mass is 422 g/mol. The van der Waals surface area contributed by atoms with Crippen LogP contribution in [0.2, 0.25) is 0 Å². The number of benzene rings is 1. The Morgan fingerprint density at radius 2 is 2.22 bits per heavy atom. The maximum atomic E-state index is 12.3. The van der Waals surface area contributed by atoms with Crippen LogP contribution in [0.4, 0.5) is 5.69 Å². The lowest BCUT2D eigenvalue weighted by atomic mass is 10.1. The number of carbonyl (C=O) groups excluding carboxylic acids is 2. The van der Waals surface area contributed by atoms with E-state index in [4.69, 9.17) is 0 Å². The van der Waals surface area contributed by atoms with Crippen LogP contribution in [0.15, 0.2) is 22.7 Å². The molecule has 18 heavy (non-hydrogen) atoms. The maximum Gasteiger partial charge on any atom is 0.250 e. The molecule has 6 heteroatoms. The predicted molar refractivity (Wildman–Crippen MR) is 81.4 cm³/mol. The zero-order valence-corrected chi connectivity index (χ0v) is 13.5. The zero-order valence-electron chi connectivity index (χ0n) is 9.74. The van der Waals surface area contributed by atoms with Crippen molar-refractivity contribution < 1.29 is 9.59 Å². The Labute approximate surface area is 127 Å². The highest BCUT2D eigenvalue weighted by Gasteiger charge is 2.33. The Kier molecular flexibility index (Phi) is 4.26. The first-order valence-electron chi connectivity index (χ1n) is 5.58. The molecule has 1 aliphatic heterocycles. The molecule has 0 aliphatic carbocycles. The second-order valence-corrected chi connectivity index (χ2v) is 6.15. The van der Waals surface area contributed by atoms with Crippen molar-refractivity contribution in [3.05, 3.63) is 26.2 Å². The molecule has 1 aromatic carbocycles. The van der Waals surface area contributed by atoms with Gasteiger partial charge in [0.1, 0.15) is 12.6 Å². The number of halogens is 2. The maximum absolute atomic E-state index is 12.3. The van der Waals surface area contributed by atoms with Crippen LogP contribution < -0.4 is 10.2 Å². The number of hydrogen-bond donors (Lipinski definition) is 1. The van der Waals surface area contributed by atoms with E-state index in [-0.39, 0.29) is 18.4 Å². The van der Waals surface area contributed by atoms with Gasteiger partial charge in [0.05, 0.1) is 5.69 Å². The second-order valence-electron chi connectivity index (χ2n) is 4.05. The standard InChI is InChI=1S/C12H12BrIN2O2/c1-2-9-12(18)16(6-11(17)15-9)10-5-7(14)3-4-8(10)13/h3-5,9H,2,6H2,1H3,(H,15,17). The Morgan fingerprint density at radius 1 is 1.50 bits per heavy atom. The summed E-state index contributed by atoms with van der Waals surface area (Å²) in [6.45, 7) is 1.96. The molecule has 2 amide bonds. The third kappa shape index (κ3) is 2.69. The normalized spacial score (nSPS) is 19.9. The van der Waals surface area contributed by atoms with Gasteiger partial charge in [0, 0.05) is 8.04 Å². The van der Waals surface area contributed by atoms with Gasteiger partial charge in [0.25, 0.3) is 0 Å². The molecule has 2 rings (SSSR count). The first-order valence-corrected chi connectivity index (χ1v) is 7.46. The predicted octanol–water partition coefficient (Wildman–Crippen LogP) is 2.30. The van der Waals surface area contributed by atoms with Gasteiger partial charge in [-0.2, -0.15) is 0 Å². The minimum atomic E-state index is -0.420. The highest BCUT2D eigenvalue weighted by molar-refractivity contribution is 14.1. The van der Waals surface area contributed by atoms with Crippen molar-refractivity contribution in [3.63, 3.8) is 0 Å². The van der Waals surface area contributed by atoms with Gasteiger partial charge in [-0.1, -0.05) is 6.92 Å². The Morgan fingerprint density at radius 3 is 2.89 bits per heavy atom. The van der Waals surface area contributed by atoms with Crippen LogP contribution in [-0.4, -0.2) is 24.4 Å². The van der Waals surface area contributed by atoms with E-state index in [0.717, 1.165) is 13.7 Å². The molecule has 1 aromatic rings. The van der Waals surface area contributed by atoms with Gasteiger partial charge in [-0.25, -0.2) is 0 Å². The summed E-state index contributed by atoms with van der Waals surface area (Å²) in [7, 11) is 0. The van der Waals surface area contributed by atoms with Crippen molar-refractivity contribution >= 4 is 56.0 Å². The van der Waals surface area contributed by atoms with Crippen molar-refractivity contribution in [2.45, 2.75) is 19.4 Å². The molecule has 0 spiro atoms. The van der Waals surface area contributed by atoms with Crippen molar-refractivity contribution in [2.24, 2.45) is 0 Å².